The van der Waals surface area contributed by atoms with Crippen LogP contribution in [0.2, 0.25) is 0 Å². The highest BCUT2D eigenvalue weighted by atomic mass is 15.3. The van der Waals surface area contributed by atoms with Crippen LogP contribution in [-0.4, -0.2) is 16.3 Å². The molecule has 0 saturated heterocycles. The van der Waals surface area contributed by atoms with Crippen LogP contribution in [0.15, 0.2) is 24.3 Å². The molecule has 0 spiro atoms. The molecule has 1 aromatic carbocycles. The van der Waals surface area contributed by atoms with Gasteiger partial charge in [0.2, 0.25) is 0 Å². The van der Waals surface area contributed by atoms with Crippen LogP contribution in [0, 0.1) is 11.8 Å². The molecule has 2 atom stereocenters. The van der Waals surface area contributed by atoms with Gasteiger partial charge in [0.15, 0.2) is 0 Å². The first-order valence-corrected chi connectivity index (χ1v) is 8.44. The minimum absolute atomic E-state index is 0.846. The van der Waals surface area contributed by atoms with Crippen molar-refractivity contribution in [1.29, 1.82) is 0 Å². The van der Waals surface area contributed by atoms with Crippen molar-refractivity contribution in [1.82, 2.24) is 15.1 Å². The van der Waals surface area contributed by atoms with Gasteiger partial charge in [-0.1, -0.05) is 44.4 Å². The molecular weight excluding hydrogens is 258 g/mol. The lowest BCUT2D eigenvalue weighted by Crippen LogP contribution is -2.29. The summed E-state index contributed by atoms with van der Waals surface area (Å²) >= 11 is 0. The maximum Gasteiger partial charge on any atom is 0.0841 e. The Hall–Kier alpha value is -1.35. The highest BCUT2D eigenvalue weighted by Gasteiger charge is 2.20. The number of benzene rings is 1. The molecule has 1 aliphatic carbocycles. The van der Waals surface area contributed by atoms with E-state index in [1.165, 1.54) is 42.3 Å². The van der Waals surface area contributed by atoms with Gasteiger partial charge in [0.25, 0.3) is 0 Å². The minimum atomic E-state index is 0.846. The third kappa shape index (κ3) is 3.13. The van der Waals surface area contributed by atoms with E-state index in [0.29, 0.717) is 0 Å². The summed E-state index contributed by atoms with van der Waals surface area (Å²) < 4.78 is 2.11. The largest absolute Gasteiger partial charge is 0.311 e. The zero-order chi connectivity index (χ0) is 14.7. The second kappa shape index (κ2) is 6.61. The van der Waals surface area contributed by atoms with E-state index in [4.69, 9.17) is 5.10 Å². The van der Waals surface area contributed by atoms with Crippen LogP contribution in [0.4, 0.5) is 0 Å². The number of hydrogen-bond donors (Lipinski definition) is 1. The summed E-state index contributed by atoms with van der Waals surface area (Å²) in [6.07, 6.45) is 5.62. The Bertz CT molecular complexity index is 587. The third-order valence-electron chi connectivity index (χ3n) is 5.02. The van der Waals surface area contributed by atoms with Gasteiger partial charge in [-0.2, -0.15) is 5.10 Å². The summed E-state index contributed by atoms with van der Waals surface area (Å²) in [6.45, 7) is 7.51. The third-order valence-corrected chi connectivity index (χ3v) is 5.02. The molecule has 21 heavy (non-hydrogen) atoms. The van der Waals surface area contributed by atoms with E-state index in [1.807, 2.05) is 0 Å². The molecule has 3 rings (SSSR count). The van der Waals surface area contributed by atoms with Crippen molar-refractivity contribution < 1.29 is 0 Å². The normalized spacial score (nSPS) is 22.8. The highest BCUT2D eigenvalue weighted by Crippen LogP contribution is 2.29. The lowest BCUT2D eigenvalue weighted by molar-refractivity contribution is 0.247. The van der Waals surface area contributed by atoms with Gasteiger partial charge in [0.1, 0.15) is 0 Å². The average molecular weight is 285 g/mol. The second-order valence-electron chi connectivity index (χ2n) is 6.43. The summed E-state index contributed by atoms with van der Waals surface area (Å²) in [7, 11) is 0. The van der Waals surface area contributed by atoms with E-state index in [1.54, 1.807) is 0 Å². The van der Waals surface area contributed by atoms with Gasteiger partial charge >= 0.3 is 0 Å². The second-order valence-corrected chi connectivity index (χ2v) is 6.43. The SMILES string of the molecule is CCn1nc(CNCC2CCCCC2C)c2ccccc21. The first-order chi connectivity index (χ1) is 10.3. The lowest BCUT2D eigenvalue weighted by Gasteiger charge is -2.28. The Labute approximate surface area is 127 Å². The van der Waals surface area contributed by atoms with Gasteiger partial charge in [-0.3, -0.25) is 4.68 Å². The Morgan fingerprint density at radius 2 is 2.05 bits per heavy atom. The molecule has 3 nitrogen and oxygen atoms in total. The first kappa shape index (κ1) is 14.6. The quantitative estimate of drug-likeness (QED) is 0.900. The van der Waals surface area contributed by atoms with E-state index in [9.17, 15) is 0 Å². The predicted molar refractivity (Wildman–Crippen MR) is 88.2 cm³/mol. The number of hydrogen-bond acceptors (Lipinski definition) is 2. The Morgan fingerprint density at radius 1 is 1.24 bits per heavy atom. The topological polar surface area (TPSA) is 29.9 Å². The Morgan fingerprint density at radius 3 is 2.86 bits per heavy atom. The monoisotopic (exact) mass is 285 g/mol. The van der Waals surface area contributed by atoms with Crippen LogP contribution in [0.25, 0.3) is 10.9 Å². The number of rotatable bonds is 5. The summed E-state index contributed by atoms with van der Waals surface area (Å²) in [4.78, 5) is 0. The van der Waals surface area contributed by atoms with Crippen LogP contribution in [0.3, 0.4) is 0 Å². The molecule has 0 amide bonds. The number of aromatic nitrogens is 2. The number of fused-ring (bicyclic) bond motifs is 1. The van der Waals surface area contributed by atoms with E-state index in [0.717, 1.165) is 31.5 Å². The molecular formula is C18H27N3. The van der Waals surface area contributed by atoms with Crippen LogP contribution in [0.5, 0.6) is 0 Å². The maximum absolute atomic E-state index is 4.76. The van der Waals surface area contributed by atoms with E-state index < -0.39 is 0 Å². The standard InChI is InChI=1S/C18H27N3/c1-3-21-18-11-7-6-10-16(18)17(20-21)13-19-12-15-9-5-4-8-14(15)2/h6-7,10-11,14-15,19H,3-5,8-9,12-13H2,1-2H3. The molecule has 1 aliphatic rings. The zero-order valence-corrected chi connectivity index (χ0v) is 13.3. The van der Waals surface area contributed by atoms with Crippen LogP contribution in [0.1, 0.15) is 45.2 Å². The molecule has 0 radical (unpaired) electrons. The molecule has 0 aliphatic heterocycles. The zero-order valence-electron chi connectivity index (χ0n) is 13.3. The summed E-state index contributed by atoms with van der Waals surface area (Å²) in [5.74, 6) is 1.72. The van der Waals surface area contributed by atoms with Gasteiger partial charge in [0, 0.05) is 18.5 Å². The lowest BCUT2D eigenvalue weighted by atomic mass is 9.80. The van der Waals surface area contributed by atoms with Crippen LogP contribution in [-0.2, 0) is 13.1 Å². The Kier molecular flexibility index (Phi) is 4.59. The molecule has 1 aromatic heterocycles. The molecule has 1 heterocycles. The fourth-order valence-corrected chi connectivity index (χ4v) is 3.64. The summed E-state index contributed by atoms with van der Waals surface area (Å²) in [5, 5.41) is 9.71. The predicted octanol–water partition coefficient (Wildman–Crippen LogP) is 3.97. The van der Waals surface area contributed by atoms with Gasteiger partial charge < -0.3 is 5.32 Å². The van der Waals surface area contributed by atoms with Crippen molar-refractivity contribution in [3.05, 3.63) is 30.0 Å². The van der Waals surface area contributed by atoms with Gasteiger partial charge in [-0.15, -0.1) is 0 Å². The highest BCUT2D eigenvalue weighted by molar-refractivity contribution is 5.81. The molecule has 3 heteroatoms. The van der Waals surface area contributed by atoms with E-state index in [-0.39, 0.29) is 0 Å². The molecule has 114 valence electrons. The number of para-hydroxylation sites is 1. The van der Waals surface area contributed by atoms with E-state index in [2.05, 4.69) is 48.1 Å². The smallest absolute Gasteiger partial charge is 0.0841 e. The van der Waals surface area contributed by atoms with Crippen molar-refractivity contribution in [2.45, 2.75) is 52.6 Å². The molecule has 1 fully saturated rings. The van der Waals surface area contributed by atoms with E-state index >= 15 is 0 Å². The number of nitrogens with zero attached hydrogens (tertiary/aromatic N) is 2. The van der Waals surface area contributed by atoms with Crippen molar-refractivity contribution in [2.75, 3.05) is 6.54 Å². The van der Waals surface area contributed by atoms with Gasteiger partial charge in [0.05, 0.1) is 11.2 Å². The summed E-state index contributed by atoms with van der Waals surface area (Å²) in [6, 6.07) is 8.56. The van der Waals surface area contributed by atoms with Crippen LogP contribution >= 0.6 is 0 Å². The molecule has 2 aromatic rings. The first-order valence-electron chi connectivity index (χ1n) is 8.44. The van der Waals surface area contributed by atoms with Crippen molar-refractivity contribution in [3.8, 4) is 0 Å². The molecule has 2 unspecified atom stereocenters. The molecule has 1 saturated carbocycles. The molecule has 0 bridgehead atoms. The fourth-order valence-electron chi connectivity index (χ4n) is 3.64. The number of nitrogens with one attached hydrogen (secondary N) is 1. The average Bonchev–Trinajstić information content (AvgIpc) is 2.88. The van der Waals surface area contributed by atoms with Crippen molar-refractivity contribution >= 4 is 10.9 Å². The fraction of sp³-hybridized carbons (Fsp3) is 0.611. The number of aryl methyl sites for hydroxylation is 1. The maximum atomic E-state index is 4.76. The summed E-state index contributed by atoms with van der Waals surface area (Å²) in [5.41, 5.74) is 2.44. The van der Waals surface area contributed by atoms with Crippen LogP contribution < -0.4 is 5.32 Å². The minimum Gasteiger partial charge on any atom is -0.311 e. The van der Waals surface area contributed by atoms with Gasteiger partial charge in [-0.25, -0.2) is 0 Å². The van der Waals surface area contributed by atoms with Crippen molar-refractivity contribution in [2.24, 2.45) is 11.8 Å². The molecule has 1 N–H and O–H groups in total. The Balaban J connectivity index is 1.65. The van der Waals surface area contributed by atoms with Gasteiger partial charge in [-0.05, 0) is 37.8 Å². The van der Waals surface area contributed by atoms with Crippen molar-refractivity contribution in [3.63, 3.8) is 0 Å².